The molecule has 0 aliphatic carbocycles. The lowest BCUT2D eigenvalue weighted by atomic mass is 10.3. The van der Waals surface area contributed by atoms with Crippen LogP contribution in [-0.2, 0) is 0 Å². The molecule has 0 radical (unpaired) electrons. The first-order chi connectivity index (χ1) is 9.71. The molecule has 0 bridgehead atoms. The van der Waals surface area contributed by atoms with Gasteiger partial charge in [0.15, 0.2) is 0 Å². The topological polar surface area (TPSA) is 57.2 Å². The molecule has 0 aliphatic rings. The van der Waals surface area contributed by atoms with E-state index in [2.05, 4.69) is 0 Å². The summed E-state index contributed by atoms with van der Waals surface area (Å²) in [5.41, 5.74) is 0. The van der Waals surface area contributed by atoms with Gasteiger partial charge in [-0.25, -0.2) is 0 Å². The van der Waals surface area contributed by atoms with E-state index in [4.69, 9.17) is 18.5 Å². The Hall–Kier alpha value is -1.97. The second-order valence-electron chi connectivity index (χ2n) is 3.77. The van der Waals surface area contributed by atoms with Gasteiger partial charge in [-0.3, -0.25) is 0 Å². The molecule has 0 unspecified atom stereocenters. The van der Waals surface area contributed by atoms with Gasteiger partial charge in [0.05, 0.1) is 14.2 Å². The van der Waals surface area contributed by atoms with Gasteiger partial charge < -0.3 is 23.4 Å². The van der Waals surface area contributed by atoms with Crippen molar-refractivity contribution in [1.29, 1.82) is 0 Å². The van der Waals surface area contributed by atoms with Crippen LogP contribution in [0.25, 0.3) is 0 Å². The number of hydrogen-bond acceptors (Lipinski definition) is 5. The molecule has 2 rings (SSSR count). The molecule has 0 saturated heterocycles. The maximum Gasteiger partial charge on any atom is 0.460 e. The first kappa shape index (κ1) is 14.4. The lowest BCUT2D eigenvalue weighted by Crippen LogP contribution is -1.94. The van der Waals surface area contributed by atoms with Crippen molar-refractivity contribution in [2.75, 3.05) is 14.2 Å². The Morgan fingerprint density at radius 2 is 0.950 bits per heavy atom. The number of benzene rings is 2. The van der Waals surface area contributed by atoms with Crippen LogP contribution in [-0.4, -0.2) is 19.1 Å². The zero-order chi connectivity index (χ0) is 14.4. The van der Waals surface area contributed by atoms with Gasteiger partial charge in [-0.15, -0.1) is 0 Å². The number of methoxy groups -OCH3 is 2. The van der Waals surface area contributed by atoms with E-state index >= 15 is 0 Å². The second-order valence-corrected chi connectivity index (χ2v) is 4.61. The van der Waals surface area contributed by atoms with Crippen LogP contribution in [0.2, 0.25) is 0 Å². The van der Waals surface area contributed by atoms with Crippen molar-refractivity contribution in [3.8, 4) is 23.0 Å². The molecule has 0 aromatic heterocycles. The molecular formula is C14H15O5P. The average molecular weight is 294 g/mol. The molecule has 20 heavy (non-hydrogen) atoms. The zero-order valence-electron chi connectivity index (χ0n) is 11.1. The Balaban J connectivity index is 1.91. The summed E-state index contributed by atoms with van der Waals surface area (Å²) in [5.74, 6) is 2.45. The quantitative estimate of drug-likeness (QED) is 0.828. The van der Waals surface area contributed by atoms with Crippen molar-refractivity contribution in [3.63, 3.8) is 0 Å². The molecule has 106 valence electrons. The summed E-state index contributed by atoms with van der Waals surface area (Å²) in [6.45, 7) is 0. The molecule has 6 heteroatoms. The van der Waals surface area contributed by atoms with Crippen molar-refractivity contribution in [3.05, 3.63) is 48.5 Å². The predicted molar refractivity (Wildman–Crippen MR) is 76.4 cm³/mol. The standard InChI is InChI=1S/C14H15O5P/c1-16-11-3-7-13(8-4-11)18-20(15)19-14-9-5-12(17-2)6-10-14/h3-10,15H,1-2H3. The van der Waals surface area contributed by atoms with E-state index in [0.717, 1.165) is 11.5 Å². The Bertz CT molecular complexity index is 477. The van der Waals surface area contributed by atoms with Crippen molar-refractivity contribution >= 4 is 8.60 Å². The highest BCUT2D eigenvalue weighted by Crippen LogP contribution is 2.37. The van der Waals surface area contributed by atoms with Gasteiger partial charge in [-0.1, -0.05) is 0 Å². The number of hydrogen-bond donors (Lipinski definition) is 1. The first-order valence-corrected chi connectivity index (χ1v) is 6.97. The lowest BCUT2D eigenvalue weighted by Gasteiger charge is -2.12. The third kappa shape index (κ3) is 4.02. The molecule has 0 fully saturated rings. The van der Waals surface area contributed by atoms with Crippen LogP contribution in [0.15, 0.2) is 48.5 Å². The van der Waals surface area contributed by atoms with Gasteiger partial charge in [0.1, 0.15) is 23.0 Å². The summed E-state index contributed by atoms with van der Waals surface area (Å²) in [6.07, 6.45) is 0. The van der Waals surface area contributed by atoms with Crippen LogP contribution in [0.5, 0.6) is 23.0 Å². The van der Waals surface area contributed by atoms with Gasteiger partial charge in [-0.2, -0.15) is 0 Å². The van der Waals surface area contributed by atoms with E-state index < -0.39 is 8.60 Å². The molecule has 0 amide bonds. The Morgan fingerprint density at radius 1 is 0.650 bits per heavy atom. The fourth-order valence-electron chi connectivity index (χ4n) is 1.47. The third-order valence-electron chi connectivity index (χ3n) is 2.49. The van der Waals surface area contributed by atoms with Crippen molar-refractivity contribution < 1.29 is 23.4 Å². The van der Waals surface area contributed by atoms with Crippen LogP contribution >= 0.6 is 8.60 Å². The predicted octanol–water partition coefficient (Wildman–Crippen LogP) is 3.38. The van der Waals surface area contributed by atoms with E-state index in [1.165, 1.54) is 0 Å². The molecule has 5 nitrogen and oxygen atoms in total. The minimum atomic E-state index is -2.04. The minimum absolute atomic E-state index is 0.507. The molecule has 0 aliphatic heterocycles. The third-order valence-corrected chi connectivity index (χ3v) is 3.22. The highest BCUT2D eigenvalue weighted by molar-refractivity contribution is 7.41. The van der Waals surface area contributed by atoms with Gasteiger partial charge in [0, 0.05) is 0 Å². The highest BCUT2D eigenvalue weighted by atomic mass is 31.2. The Labute approximate surface area is 118 Å². The van der Waals surface area contributed by atoms with Crippen LogP contribution in [0.3, 0.4) is 0 Å². The normalized spacial score (nSPS) is 10.2. The molecule has 1 N–H and O–H groups in total. The summed E-state index contributed by atoms with van der Waals surface area (Å²) in [7, 11) is 1.13. The van der Waals surface area contributed by atoms with Gasteiger partial charge in [0.25, 0.3) is 0 Å². The van der Waals surface area contributed by atoms with Gasteiger partial charge in [0.2, 0.25) is 0 Å². The Morgan fingerprint density at radius 3 is 1.25 bits per heavy atom. The number of ether oxygens (including phenoxy) is 2. The fraction of sp³-hybridized carbons (Fsp3) is 0.143. The second kappa shape index (κ2) is 6.98. The van der Waals surface area contributed by atoms with Crippen LogP contribution in [0.4, 0.5) is 0 Å². The van der Waals surface area contributed by atoms with Crippen molar-refractivity contribution in [2.45, 2.75) is 0 Å². The first-order valence-electron chi connectivity index (χ1n) is 5.84. The van der Waals surface area contributed by atoms with Crippen LogP contribution in [0.1, 0.15) is 0 Å². The van der Waals surface area contributed by atoms with Gasteiger partial charge >= 0.3 is 8.60 Å². The maximum absolute atomic E-state index is 9.77. The van der Waals surface area contributed by atoms with E-state index in [0.29, 0.717) is 11.5 Å². The summed E-state index contributed by atoms with van der Waals surface area (Å²) in [5, 5.41) is 0. The monoisotopic (exact) mass is 294 g/mol. The molecule has 2 aromatic rings. The SMILES string of the molecule is COc1ccc(OP(O)Oc2ccc(OC)cc2)cc1. The van der Waals surface area contributed by atoms with E-state index in [1.54, 1.807) is 62.8 Å². The molecule has 0 spiro atoms. The van der Waals surface area contributed by atoms with E-state index in [1.807, 2.05) is 0 Å². The summed E-state index contributed by atoms with van der Waals surface area (Å²) < 4.78 is 20.6. The molecular weight excluding hydrogens is 279 g/mol. The highest BCUT2D eigenvalue weighted by Gasteiger charge is 2.11. The maximum atomic E-state index is 9.77. The largest absolute Gasteiger partial charge is 0.497 e. The number of rotatable bonds is 6. The van der Waals surface area contributed by atoms with Crippen LogP contribution in [0, 0.1) is 0 Å². The summed E-state index contributed by atoms with van der Waals surface area (Å²) >= 11 is 0. The smallest absolute Gasteiger partial charge is 0.460 e. The molecule has 0 atom stereocenters. The van der Waals surface area contributed by atoms with E-state index in [-0.39, 0.29) is 0 Å². The summed E-state index contributed by atoms with van der Waals surface area (Å²) in [4.78, 5) is 9.77. The summed E-state index contributed by atoms with van der Waals surface area (Å²) in [6, 6.07) is 13.8. The Kier molecular flexibility index (Phi) is 5.04. The van der Waals surface area contributed by atoms with Crippen molar-refractivity contribution in [1.82, 2.24) is 0 Å². The van der Waals surface area contributed by atoms with E-state index in [9.17, 15) is 4.89 Å². The molecule has 2 aromatic carbocycles. The van der Waals surface area contributed by atoms with Crippen LogP contribution < -0.4 is 18.5 Å². The van der Waals surface area contributed by atoms with Gasteiger partial charge in [-0.05, 0) is 48.5 Å². The molecule has 0 saturated carbocycles. The fourth-order valence-corrected chi connectivity index (χ4v) is 2.11. The average Bonchev–Trinajstić information content (AvgIpc) is 2.49. The minimum Gasteiger partial charge on any atom is -0.497 e. The zero-order valence-corrected chi connectivity index (χ0v) is 12.0. The molecule has 0 heterocycles. The lowest BCUT2D eigenvalue weighted by molar-refractivity contribution is 0.379. The van der Waals surface area contributed by atoms with Crippen molar-refractivity contribution in [2.24, 2.45) is 0 Å².